The van der Waals surface area contributed by atoms with Gasteiger partial charge >= 0.3 is 5.97 Å². The largest absolute Gasteiger partial charge is 0.462 e. The van der Waals surface area contributed by atoms with Crippen molar-refractivity contribution in [3.8, 4) is 0 Å². The lowest BCUT2D eigenvalue weighted by Gasteiger charge is -2.24. The highest BCUT2D eigenvalue weighted by atomic mass is 16.5. The van der Waals surface area contributed by atoms with Crippen molar-refractivity contribution in [2.24, 2.45) is 0 Å². The lowest BCUT2D eigenvalue weighted by atomic mass is 10.0. The average molecular weight is 852 g/mol. The van der Waals surface area contributed by atoms with Crippen LogP contribution in [-0.2, 0) is 14.3 Å². The third-order valence-electron chi connectivity index (χ3n) is 11.3. The molecule has 0 rings (SSSR count). The fourth-order valence-electron chi connectivity index (χ4n) is 7.46. The topological polar surface area (TPSA) is 95.9 Å². The highest BCUT2D eigenvalue weighted by Gasteiger charge is 2.24. The van der Waals surface area contributed by atoms with E-state index in [1.807, 2.05) is 0 Å². The zero-order valence-corrected chi connectivity index (χ0v) is 40.0. The van der Waals surface area contributed by atoms with Crippen LogP contribution in [0.4, 0.5) is 0 Å². The quantitative estimate of drug-likeness (QED) is 0.0322. The Morgan fingerprint density at radius 1 is 0.492 bits per heavy atom. The minimum atomic E-state index is -0.800. The third kappa shape index (κ3) is 43.7. The molecule has 0 spiro atoms. The molecule has 0 aromatic rings. The van der Waals surface area contributed by atoms with Crippen molar-refractivity contribution >= 4 is 11.9 Å². The van der Waals surface area contributed by atoms with E-state index in [1.165, 1.54) is 70.6 Å². The maximum atomic E-state index is 13.2. The summed E-state index contributed by atoms with van der Waals surface area (Å²) in [5.74, 6) is -0.523. The first-order chi connectivity index (χ1) is 30.0. The number of hydrogen-bond donors (Lipinski definition) is 3. The summed E-state index contributed by atoms with van der Waals surface area (Å²) in [4.78, 5) is 26.1. The molecule has 0 aliphatic heterocycles. The van der Waals surface area contributed by atoms with Gasteiger partial charge in [-0.05, 0) is 89.9 Å². The molecule has 0 aliphatic rings. The molecule has 6 nitrogen and oxygen atoms in total. The standard InChI is InChI=1S/C55H97NO5/c1-4-7-10-13-16-19-22-25-28-31-34-37-40-43-46-51(61-55(60)48-45-42-39-36-33-30-27-24-21-18-15-12-9-6-3)49-54(59)56-52(50-57)53(58)47-44-41-38-35-32-29-26-23-20-17-14-11-8-5-2/h7,9-10,12,16,18-19,21,25,27-28,30,51-53,57-58H,4-6,8,11,13-15,17,20,22-24,26,29,31-50H2,1-3H3,(H,56,59)/b10-7+,12-9+,19-16+,21-18+,28-25+,30-27+. The molecule has 0 aromatic heterocycles. The van der Waals surface area contributed by atoms with Crippen LogP contribution in [0.1, 0.15) is 239 Å². The van der Waals surface area contributed by atoms with Crippen LogP contribution in [0.25, 0.3) is 0 Å². The average Bonchev–Trinajstić information content (AvgIpc) is 3.25. The van der Waals surface area contributed by atoms with Gasteiger partial charge in [-0.3, -0.25) is 9.59 Å². The van der Waals surface area contributed by atoms with E-state index in [1.54, 1.807) is 0 Å². The first kappa shape index (κ1) is 58.3. The highest BCUT2D eigenvalue weighted by Crippen LogP contribution is 2.17. The van der Waals surface area contributed by atoms with Gasteiger partial charge in [0.25, 0.3) is 0 Å². The van der Waals surface area contributed by atoms with Gasteiger partial charge in [-0.1, -0.05) is 209 Å². The zero-order chi connectivity index (χ0) is 44.5. The second-order valence-electron chi connectivity index (χ2n) is 17.2. The Morgan fingerprint density at radius 3 is 1.34 bits per heavy atom. The summed E-state index contributed by atoms with van der Waals surface area (Å²) in [5, 5.41) is 23.8. The predicted molar refractivity (Wildman–Crippen MR) is 264 cm³/mol. The summed E-state index contributed by atoms with van der Waals surface area (Å²) in [6, 6.07) is -0.716. The monoisotopic (exact) mass is 852 g/mol. The van der Waals surface area contributed by atoms with E-state index in [9.17, 15) is 19.8 Å². The Balaban J connectivity index is 4.65. The van der Waals surface area contributed by atoms with Crippen LogP contribution >= 0.6 is 0 Å². The molecule has 0 heterocycles. The summed E-state index contributed by atoms with van der Waals surface area (Å²) >= 11 is 0. The van der Waals surface area contributed by atoms with Gasteiger partial charge in [0.1, 0.15) is 6.10 Å². The minimum absolute atomic E-state index is 0.0509. The number of aliphatic hydroxyl groups is 2. The number of carbonyl (C=O) groups excluding carboxylic acids is 2. The van der Waals surface area contributed by atoms with E-state index < -0.39 is 18.2 Å². The molecule has 3 unspecified atom stereocenters. The van der Waals surface area contributed by atoms with E-state index in [-0.39, 0.29) is 24.9 Å². The van der Waals surface area contributed by atoms with Gasteiger partial charge in [0.2, 0.25) is 5.91 Å². The fraction of sp³-hybridized carbons (Fsp3) is 0.745. The molecule has 0 radical (unpaired) electrons. The fourth-order valence-corrected chi connectivity index (χ4v) is 7.46. The van der Waals surface area contributed by atoms with E-state index in [0.29, 0.717) is 19.3 Å². The highest BCUT2D eigenvalue weighted by molar-refractivity contribution is 5.77. The molecule has 6 heteroatoms. The molecular weight excluding hydrogens is 755 g/mol. The molecule has 352 valence electrons. The Hall–Kier alpha value is -2.70. The number of hydrogen-bond acceptors (Lipinski definition) is 5. The van der Waals surface area contributed by atoms with Crippen molar-refractivity contribution in [2.45, 2.75) is 257 Å². The number of unbranched alkanes of at least 4 members (excludes halogenated alkanes) is 21. The second kappa shape index (κ2) is 48.3. The zero-order valence-electron chi connectivity index (χ0n) is 40.0. The Morgan fingerprint density at radius 2 is 0.885 bits per heavy atom. The molecule has 0 fully saturated rings. The van der Waals surface area contributed by atoms with Gasteiger partial charge in [-0.2, -0.15) is 0 Å². The lowest BCUT2D eigenvalue weighted by Crippen LogP contribution is -2.46. The van der Waals surface area contributed by atoms with E-state index >= 15 is 0 Å². The molecule has 3 atom stereocenters. The third-order valence-corrected chi connectivity index (χ3v) is 11.3. The normalized spacial score (nSPS) is 13.9. The molecule has 0 aliphatic carbocycles. The lowest BCUT2D eigenvalue weighted by molar-refractivity contribution is -0.151. The van der Waals surface area contributed by atoms with Crippen molar-refractivity contribution in [2.75, 3.05) is 6.61 Å². The van der Waals surface area contributed by atoms with Gasteiger partial charge in [0.05, 0.1) is 25.2 Å². The Bertz CT molecular complexity index is 1140. The van der Waals surface area contributed by atoms with Gasteiger partial charge in [-0.15, -0.1) is 0 Å². The first-order valence-electron chi connectivity index (χ1n) is 25.7. The molecular formula is C55H97NO5. The van der Waals surface area contributed by atoms with Gasteiger partial charge < -0.3 is 20.3 Å². The smallest absolute Gasteiger partial charge is 0.306 e. The minimum Gasteiger partial charge on any atom is -0.462 e. The number of esters is 1. The number of amides is 1. The SMILES string of the molecule is CC/C=C/C/C=C/C/C=C/CCCCCCC(=O)OC(CCCCCC/C=C/C/C=C/C/C=C/CC)CC(=O)NC(CO)C(O)CCCCCCCCCCCCCCCC. The van der Waals surface area contributed by atoms with Crippen LogP contribution in [0.3, 0.4) is 0 Å². The van der Waals surface area contributed by atoms with Crippen molar-refractivity contribution in [3.05, 3.63) is 72.9 Å². The number of nitrogens with one attached hydrogen (secondary N) is 1. The number of allylic oxidation sites excluding steroid dienone is 12. The number of rotatable bonds is 45. The molecule has 0 saturated heterocycles. The van der Waals surface area contributed by atoms with Crippen LogP contribution in [0.5, 0.6) is 0 Å². The predicted octanol–water partition coefficient (Wildman–Crippen LogP) is 15.4. The number of aliphatic hydroxyl groups excluding tert-OH is 2. The summed E-state index contributed by atoms with van der Waals surface area (Å²) in [7, 11) is 0. The van der Waals surface area contributed by atoms with Crippen molar-refractivity contribution in [1.82, 2.24) is 5.32 Å². The van der Waals surface area contributed by atoms with Gasteiger partial charge in [0.15, 0.2) is 0 Å². The van der Waals surface area contributed by atoms with Crippen LogP contribution < -0.4 is 5.32 Å². The maximum absolute atomic E-state index is 13.2. The molecule has 61 heavy (non-hydrogen) atoms. The summed E-state index contributed by atoms with van der Waals surface area (Å²) in [6.07, 6.45) is 61.0. The molecule has 0 saturated carbocycles. The van der Waals surface area contributed by atoms with Crippen LogP contribution in [0, 0.1) is 0 Å². The molecule has 1 amide bonds. The van der Waals surface area contributed by atoms with E-state index in [4.69, 9.17) is 4.74 Å². The summed E-state index contributed by atoms with van der Waals surface area (Å²) in [5.41, 5.74) is 0. The second-order valence-corrected chi connectivity index (χ2v) is 17.2. The molecule has 0 bridgehead atoms. The number of carbonyl (C=O) groups is 2. The van der Waals surface area contributed by atoms with Crippen LogP contribution in [0.2, 0.25) is 0 Å². The van der Waals surface area contributed by atoms with Crippen molar-refractivity contribution < 1.29 is 24.5 Å². The molecule has 0 aromatic carbocycles. The molecule has 3 N–H and O–H groups in total. The van der Waals surface area contributed by atoms with Crippen molar-refractivity contribution in [3.63, 3.8) is 0 Å². The Kier molecular flexibility index (Phi) is 46.2. The van der Waals surface area contributed by atoms with Gasteiger partial charge in [0, 0.05) is 6.42 Å². The van der Waals surface area contributed by atoms with Crippen LogP contribution in [-0.4, -0.2) is 46.9 Å². The van der Waals surface area contributed by atoms with E-state index in [0.717, 1.165) is 122 Å². The first-order valence-corrected chi connectivity index (χ1v) is 25.7. The van der Waals surface area contributed by atoms with Gasteiger partial charge in [-0.25, -0.2) is 0 Å². The maximum Gasteiger partial charge on any atom is 0.306 e. The number of ether oxygens (including phenoxy) is 1. The van der Waals surface area contributed by atoms with Crippen molar-refractivity contribution in [1.29, 1.82) is 0 Å². The Labute approximate surface area is 377 Å². The summed E-state index contributed by atoms with van der Waals surface area (Å²) in [6.45, 7) is 6.25. The summed E-state index contributed by atoms with van der Waals surface area (Å²) < 4.78 is 5.91. The van der Waals surface area contributed by atoms with E-state index in [2.05, 4.69) is 99.0 Å². The van der Waals surface area contributed by atoms with Crippen LogP contribution in [0.15, 0.2) is 72.9 Å².